The van der Waals surface area contributed by atoms with Crippen molar-refractivity contribution in [1.29, 1.82) is 0 Å². The van der Waals surface area contributed by atoms with Gasteiger partial charge in [0, 0.05) is 30.1 Å². The third-order valence-electron chi connectivity index (χ3n) is 3.23. The summed E-state index contributed by atoms with van der Waals surface area (Å²) in [5.41, 5.74) is 13.4. The zero-order valence-corrected chi connectivity index (χ0v) is 15.6. The van der Waals surface area contributed by atoms with E-state index in [4.69, 9.17) is 17.3 Å². The number of anilines is 1. The average molecular weight is 389 g/mol. The number of hydrogen-bond acceptors (Lipinski definition) is 10. The van der Waals surface area contributed by atoms with Crippen molar-refractivity contribution in [3.63, 3.8) is 0 Å². The van der Waals surface area contributed by atoms with Crippen molar-refractivity contribution in [2.24, 2.45) is 11.6 Å². The van der Waals surface area contributed by atoms with Gasteiger partial charge < -0.3 is 21.2 Å². The first-order valence-corrected chi connectivity index (χ1v) is 8.04. The highest BCUT2D eigenvalue weighted by molar-refractivity contribution is 5.38. The fraction of sp³-hybridized carbons (Fsp3) is 0.235. The number of non-ortho nitro benzene ring substituents is 1. The van der Waals surface area contributed by atoms with E-state index in [9.17, 15) is 14.9 Å². The summed E-state index contributed by atoms with van der Waals surface area (Å²) in [5, 5.41) is 11.5. The van der Waals surface area contributed by atoms with Gasteiger partial charge in [-0.3, -0.25) is 14.9 Å². The zero-order chi connectivity index (χ0) is 21.1. The number of nitro benzene ring substituents is 1. The van der Waals surface area contributed by atoms with E-state index in [2.05, 4.69) is 14.7 Å². The SMILES string of the molecule is Cc1cccc([N+](=O)[O-])c1.Cc1ncc(CN(N)/C=C(\N)COC=O)c(N)n1. The molecule has 0 radical (unpaired) electrons. The third kappa shape index (κ3) is 8.10. The summed E-state index contributed by atoms with van der Waals surface area (Å²) in [4.78, 5) is 27.8. The number of nitrogens with two attached hydrogens (primary N) is 3. The van der Waals surface area contributed by atoms with Crippen LogP contribution in [0.15, 0.2) is 42.4 Å². The Balaban J connectivity index is 0.000000330. The van der Waals surface area contributed by atoms with Gasteiger partial charge in [0.25, 0.3) is 12.2 Å². The number of ether oxygens (including phenoxy) is 1. The van der Waals surface area contributed by atoms with E-state index in [-0.39, 0.29) is 12.3 Å². The summed E-state index contributed by atoms with van der Waals surface area (Å²) in [5.74, 6) is 6.67. The van der Waals surface area contributed by atoms with Gasteiger partial charge in [0.15, 0.2) is 0 Å². The second kappa shape index (κ2) is 11.1. The molecule has 150 valence electrons. The highest BCUT2D eigenvalue weighted by Gasteiger charge is 2.05. The van der Waals surface area contributed by atoms with Gasteiger partial charge in [0.2, 0.25) is 0 Å². The van der Waals surface area contributed by atoms with Crippen LogP contribution in [0.1, 0.15) is 17.0 Å². The molecular formula is C17H23N7O4. The molecule has 0 amide bonds. The number of benzene rings is 1. The fourth-order valence-electron chi connectivity index (χ4n) is 2.00. The van der Waals surface area contributed by atoms with Gasteiger partial charge in [0.05, 0.1) is 17.2 Å². The van der Waals surface area contributed by atoms with Crippen LogP contribution in [0, 0.1) is 24.0 Å². The molecule has 1 heterocycles. The number of aryl methyl sites for hydroxylation is 2. The van der Waals surface area contributed by atoms with Crippen molar-refractivity contribution in [3.05, 3.63) is 69.4 Å². The maximum Gasteiger partial charge on any atom is 0.293 e. The molecule has 0 bridgehead atoms. The molecule has 0 spiro atoms. The van der Waals surface area contributed by atoms with Crippen molar-refractivity contribution in [2.45, 2.75) is 20.4 Å². The van der Waals surface area contributed by atoms with Crippen LogP contribution in [0.2, 0.25) is 0 Å². The molecule has 0 fully saturated rings. The Kier molecular flexibility index (Phi) is 8.83. The first kappa shape index (κ1) is 22.3. The summed E-state index contributed by atoms with van der Waals surface area (Å²) in [6, 6.07) is 6.52. The Hall–Kier alpha value is -3.73. The normalized spacial score (nSPS) is 10.5. The lowest BCUT2D eigenvalue weighted by Gasteiger charge is -2.15. The van der Waals surface area contributed by atoms with Crippen LogP contribution in [0.4, 0.5) is 11.5 Å². The van der Waals surface area contributed by atoms with E-state index in [1.165, 1.54) is 17.3 Å². The quantitative estimate of drug-likeness (QED) is 0.267. The van der Waals surface area contributed by atoms with Crippen LogP contribution in [-0.4, -0.2) is 33.0 Å². The topological polar surface area (TPSA) is 177 Å². The molecule has 2 rings (SSSR count). The maximum atomic E-state index is 10.2. The minimum absolute atomic E-state index is 0.0168. The molecule has 0 saturated carbocycles. The number of nitrogens with zero attached hydrogens (tertiary/aromatic N) is 4. The zero-order valence-electron chi connectivity index (χ0n) is 15.6. The second-order valence-electron chi connectivity index (χ2n) is 5.71. The van der Waals surface area contributed by atoms with E-state index < -0.39 is 4.92 Å². The van der Waals surface area contributed by atoms with E-state index >= 15 is 0 Å². The molecule has 2 aromatic rings. The molecule has 0 aliphatic rings. The Labute approximate surface area is 161 Å². The van der Waals surface area contributed by atoms with Crippen molar-refractivity contribution < 1.29 is 14.5 Å². The van der Waals surface area contributed by atoms with E-state index in [0.717, 1.165) is 5.56 Å². The van der Waals surface area contributed by atoms with Crippen molar-refractivity contribution in [3.8, 4) is 0 Å². The predicted octanol–water partition coefficient (Wildman–Crippen LogP) is 0.919. The predicted molar refractivity (Wildman–Crippen MR) is 103 cm³/mol. The minimum Gasteiger partial charge on any atom is -0.461 e. The highest BCUT2D eigenvalue weighted by Crippen LogP contribution is 2.11. The Morgan fingerprint density at radius 2 is 2.11 bits per heavy atom. The number of aromatic nitrogens is 2. The van der Waals surface area contributed by atoms with Crippen LogP contribution in [0.25, 0.3) is 0 Å². The molecule has 1 aromatic carbocycles. The van der Waals surface area contributed by atoms with Gasteiger partial charge in [-0.05, 0) is 19.4 Å². The number of hydrazine groups is 1. The first-order chi connectivity index (χ1) is 13.2. The number of rotatable bonds is 7. The largest absolute Gasteiger partial charge is 0.461 e. The van der Waals surface area contributed by atoms with Gasteiger partial charge >= 0.3 is 0 Å². The number of nitrogen functional groups attached to an aromatic ring is 1. The van der Waals surface area contributed by atoms with Crippen molar-refractivity contribution in [1.82, 2.24) is 15.0 Å². The average Bonchev–Trinajstić information content (AvgIpc) is 2.63. The molecule has 1 aromatic heterocycles. The maximum absolute atomic E-state index is 10.2. The summed E-state index contributed by atoms with van der Waals surface area (Å²) in [6.45, 7) is 4.17. The highest BCUT2D eigenvalue weighted by atomic mass is 16.6. The van der Waals surface area contributed by atoms with E-state index in [0.29, 0.717) is 35.9 Å². The number of carbonyl (C=O) groups is 1. The number of hydrogen-bond donors (Lipinski definition) is 3. The van der Waals surface area contributed by atoms with Gasteiger partial charge in [-0.2, -0.15) is 0 Å². The molecule has 0 aliphatic carbocycles. The number of carbonyl (C=O) groups excluding carboxylic acids is 1. The molecule has 0 atom stereocenters. The monoisotopic (exact) mass is 389 g/mol. The summed E-state index contributed by atoms with van der Waals surface area (Å²) >= 11 is 0. The lowest BCUT2D eigenvalue weighted by molar-refractivity contribution is -0.384. The van der Waals surface area contributed by atoms with Crippen LogP contribution in [0.3, 0.4) is 0 Å². The summed E-state index contributed by atoms with van der Waals surface area (Å²) < 4.78 is 4.48. The number of nitro groups is 1. The van der Waals surface area contributed by atoms with Crippen LogP contribution < -0.4 is 17.3 Å². The fourth-order valence-corrected chi connectivity index (χ4v) is 2.00. The van der Waals surface area contributed by atoms with Gasteiger partial charge in [0.1, 0.15) is 18.2 Å². The molecule has 11 heteroatoms. The van der Waals surface area contributed by atoms with Crippen molar-refractivity contribution in [2.75, 3.05) is 12.3 Å². The molecule has 0 aliphatic heterocycles. The van der Waals surface area contributed by atoms with Crippen molar-refractivity contribution >= 4 is 18.0 Å². The smallest absolute Gasteiger partial charge is 0.293 e. The lowest BCUT2D eigenvalue weighted by Crippen LogP contribution is -2.27. The standard InChI is InChI=1S/C10H16N6O2.C7H7NO2/c1-7-14-2-8(10(12)15-7)3-16(13)4-9(11)5-18-6-17;1-6-3-2-4-7(5-6)8(9)10/h2,4,6H,3,5,11,13H2,1H3,(H2,12,14,15);2-5H,1H3/b9-4-;. The Bertz CT molecular complexity index is 842. The van der Waals surface area contributed by atoms with E-state index in [1.807, 2.05) is 13.0 Å². The van der Waals surface area contributed by atoms with Gasteiger partial charge in [-0.15, -0.1) is 0 Å². The molecule has 0 unspecified atom stereocenters. The van der Waals surface area contributed by atoms with Crippen LogP contribution in [0.5, 0.6) is 0 Å². The Morgan fingerprint density at radius 3 is 2.64 bits per heavy atom. The molecule has 28 heavy (non-hydrogen) atoms. The lowest BCUT2D eigenvalue weighted by atomic mass is 10.2. The van der Waals surface area contributed by atoms with Gasteiger partial charge in [-0.1, -0.05) is 12.1 Å². The third-order valence-corrected chi connectivity index (χ3v) is 3.23. The summed E-state index contributed by atoms with van der Waals surface area (Å²) in [7, 11) is 0. The molecule has 11 nitrogen and oxygen atoms in total. The molecule has 6 N–H and O–H groups in total. The minimum atomic E-state index is -0.396. The van der Waals surface area contributed by atoms with Gasteiger partial charge in [-0.25, -0.2) is 15.8 Å². The van der Waals surface area contributed by atoms with Crippen LogP contribution in [-0.2, 0) is 16.1 Å². The van der Waals surface area contributed by atoms with E-state index in [1.54, 1.807) is 25.3 Å². The Morgan fingerprint density at radius 1 is 1.39 bits per heavy atom. The first-order valence-electron chi connectivity index (χ1n) is 8.04. The summed E-state index contributed by atoms with van der Waals surface area (Å²) in [6.07, 6.45) is 3.05. The second-order valence-corrected chi connectivity index (χ2v) is 5.71. The molecular weight excluding hydrogens is 366 g/mol. The molecule has 0 saturated heterocycles. The van der Waals surface area contributed by atoms with Crippen LogP contribution >= 0.6 is 0 Å².